The van der Waals surface area contributed by atoms with E-state index in [4.69, 9.17) is 5.11 Å². The molecule has 0 radical (unpaired) electrons. The predicted octanol–water partition coefficient (Wildman–Crippen LogP) is 1.74. The number of aliphatic hydroxyl groups is 1. The number of nitrogens with one attached hydrogen (secondary N) is 2. The minimum Gasteiger partial charge on any atom is -0.481 e. The topological polar surface area (TPSA) is 102 Å². The SMILES string of the molecule is Cc1cc(C)c2cc(C(=O)NCC3(O)CC(C(=O)O)C3)[nH]c2c1. The van der Waals surface area contributed by atoms with Crippen LogP contribution in [0.2, 0.25) is 0 Å². The average Bonchev–Trinajstić information content (AvgIpc) is 2.85. The second-order valence-electron chi connectivity index (χ2n) is 6.58. The number of carbonyl (C=O) groups excluding carboxylic acids is 1. The van der Waals surface area contributed by atoms with Crippen LogP contribution >= 0.6 is 0 Å². The van der Waals surface area contributed by atoms with Gasteiger partial charge in [0.05, 0.1) is 11.5 Å². The molecular formula is C17H20N2O4. The zero-order valence-corrected chi connectivity index (χ0v) is 13.1. The van der Waals surface area contributed by atoms with Crippen molar-refractivity contribution >= 4 is 22.8 Å². The van der Waals surface area contributed by atoms with Crippen LogP contribution in [0.15, 0.2) is 18.2 Å². The van der Waals surface area contributed by atoms with E-state index in [0.717, 1.165) is 22.0 Å². The predicted molar refractivity (Wildman–Crippen MR) is 85.4 cm³/mol. The maximum atomic E-state index is 12.2. The molecule has 1 heterocycles. The van der Waals surface area contributed by atoms with Gasteiger partial charge in [0.25, 0.3) is 5.91 Å². The lowest BCUT2D eigenvalue weighted by molar-refractivity contribution is -0.157. The number of hydrogen-bond donors (Lipinski definition) is 4. The van der Waals surface area contributed by atoms with Crippen LogP contribution in [0.1, 0.15) is 34.5 Å². The monoisotopic (exact) mass is 316 g/mol. The van der Waals surface area contributed by atoms with Gasteiger partial charge in [0, 0.05) is 17.4 Å². The standard InChI is InChI=1S/C17H20N2O4/c1-9-3-10(2)12-5-14(19-13(12)4-9)15(20)18-8-17(23)6-11(7-17)16(21)22/h3-5,11,19,23H,6-8H2,1-2H3,(H,18,20)(H,21,22). The molecule has 23 heavy (non-hydrogen) atoms. The number of aliphatic carboxylic acids is 1. The molecule has 0 spiro atoms. The first-order chi connectivity index (χ1) is 10.8. The first-order valence-corrected chi connectivity index (χ1v) is 7.61. The van der Waals surface area contributed by atoms with Gasteiger partial charge >= 0.3 is 5.97 Å². The number of carboxylic acid groups (broad SMARTS) is 1. The number of aromatic nitrogens is 1. The van der Waals surface area contributed by atoms with Crippen LogP contribution in [-0.4, -0.2) is 39.2 Å². The number of amides is 1. The Labute approximate surface area is 133 Å². The fourth-order valence-corrected chi connectivity index (χ4v) is 3.24. The minimum absolute atomic E-state index is 0.0585. The fourth-order valence-electron chi connectivity index (χ4n) is 3.24. The molecule has 1 aliphatic rings. The number of benzene rings is 1. The van der Waals surface area contributed by atoms with Crippen LogP contribution in [0.3, 0.4) is 0 Å². The highest BCUT2D eigenvalue weighted by Gasteiger charge is 2.46. The maximum absolute atomic E-state index is 12.2. The second-order valence-corrected chi connectivity index (χ2v) is 6.58. The van der Waals surface area contributed by atoms with Crippen molar-refractivity contribution in [2.75, 3.05) is 6.54 Å². The summed E-state index contributed by atoms with van der Waals surface area (Å²) in [6.07, 6.45) is 0.348. The second kappa shape index (κ2) is 5.38. The summed E-state index contributed by atoms with van der Waals surface area (Å²) in [6.45, 7) is 4.05. The van der Waals surface area contributed by atoms with Crippen LogP contribution in [-0.2, 0) is 4.79 Å². The number of carboxylic acids is 1. The van der Waals surface area contributed by atoms with Crippen LogP contribution in [0, 0.1) is 19.8 Å². The van der Waals surface area contributed by atoms with Crippen molar-refractivity contribution in [2.24, 2.45) is 5.92 Å². The van der Waals surface area contributed by atoms with Crippen molar-refractivity contribution < 1.29 is 19.8 Å². The molecule has 6 nitrogen and oxygen atoms in total. The minimum atomic E-state index is -1.11. The van der Waals surface area contributed by atoms with Gasteiger partial charge in [0.15, 0.2) is 0 Å². The highest BCUT2D eigenvalue weighted by molar-refractivity contribution is 5.99. The van der Waals surface area contributed by atoms with Crippen molar-refractivity contribution in [3.8, 4) is 0 Å². The summed E-state index contributed by atoms with van der Waals surface area (Å²) < 4.78 is 0. The van der Waals surface area contributed by atoms with Crippen LogP contribution < -0.4 is 5.32 Å². The fraction of sp³-hybridized carbons (Fsp3) is 0.412. The summed E-state index contributed by atoms with van der Waals surface area (Å²) in [5, 5.41) is 22.7. The Bertz CT molecular complexity index is 787. The molecule has 4 N–H and O–H groups in total. The summed E-state index contributed by atoms with van der Waals surface area (Å²) in [7, 11) is 0. The molecule has 0 aliphatic heterocycles. The highest BCUT2D eigenvalue weighted by atomic mass is 16.4. The van der Waals surface area contributed by atoms with Crippen molar-refractivity contribution in [1.29, 1.82) is 0 Å². The van der Waals surface area contributed by atoms with Gasteiger partial charge in [-0.15, -0.1) is 0 Å². The number of carbonyl (C=O) groups is 2. The zero-order chi connectivity index (χ0) is 16.8. The molecular weight excluding hydrogens is 296 g/mol. The largest absolute Gasteiger partial charge is 0.481 e. The average molecular weight is 316 g/mol. The van der Waals surface area contributed by atoms with E-state index >= 15 is 0 Å². The van der Waals surface area contributed by atoms with Gasteiger partial charge in [0.2, 0.25) is 0 Å². The van der Waals surface area contributed by atoms with Crippen molar-refractivity contribution in [3.63, 3.8) is 0 Å². The summed E-state index contributed by atoms with van der Waals surface area (Å²) in [5.41, 5.74) is 2.44. The normalized spacial score (nSPS) is 23.5. The Morgan fingerprint density at radius 1 is 1.30 bits per heavy atom. The number of rotatable bonds is 4. The van der Waals surface area contributed by atoms with E-state index in [1.807, 2.05) is 19.9 Å². The van der Waals surface area contributed by atoms with Crippen LogP contribution in [0.25, 0.3) is 10.9 Å². The Morgan fingerprint density at radius 2 is 2.00 bits per heavy atom. The number of H-pyrrole nitrogens is 1. The molecule has 0 bridgehead atoms. The van der Waals surface area contributed by atoms with Crippen LogP contribution in [0.5, 0.6) is 0 Å². The van der Waals surface area contributed by atoms with Crippen molar-refractivity contribution in [2.45, 2.75) is 32.3 Å². The van der Waals surface area contributed by atoms with Gasteiger partial charge in [0.1, 0.15) is 5.69 Å². The molecule has 2 aromatic rings. The first-order valence-electron chi connectivity index (χ1n) is 7.61. The van der Waals surface area contributed by atoms with Crippen LogP contribution in [0.4, 0.5) is 0 Å². The smallest absolute Gasteiger partial charge is 0.306 e. The first kappa shape index (κ1) is 15.6. The number of aromatic amines is 1. The Balaban J connectivity index is 1.67. The summed E-state index contributed by atoms with van der Waals surface area (Å²) in [5.74, 6) is -1.72. The lowest BCUT2D eigenvalue weighted by atomic mass is 9.71. The third kappa shape index (κ3) is 2.94. The lowest BCUT2D eigenvalue weighted by Crippen LogP contribution is -2.54. The van der Waals surface area contributed by atoms with Gasteiger partial charge in [-0.1, -0.05) is 6.07 Å². The molecule has 1 fully saturated rings. The van der Waals surface area contributed by atoms with Gasteiger partial charge < -0.3 is 20.5 Å². The van der Waals surface area contributed by atoms with E-state index in [-0.39, 0.29) is 25.3 Å². The van der Waals surface area contributed by atoms with E-state index in [2.05, 4.69) is 16.4 Å². The third-order valence-corrected chi connectivity index (χ3v) is 4.51. The zero-order valence-electron chi connectivity index (χ0n) is 13.1. The molecule has 1 amide bonds. The molecule has 0 saturated heterocycles. The van der Waals surface area contributed by atoms with Crippen molar-refractivity contribution in [1.82, 2.24) is 10.3 Å². The summed E-state index contributed by atoms with van der Waals surface area (Å²) in [4.78, 5) is 26.1. The highest BCUT2D eigenvalue weighted by Crippen LogP contribution is 2.37. The van der Waals surface area contributed by atoms with E-state index in [0.29, 0.717) is 5.69 Å². The summed E-state index contributed by atoms with van der Waals surface area (Å²) >= 11 is 0. The van der Waals surface area contributed by atoms with Crippen molar-refractivity contribution in [3.05, 3.63) is 35.0 Å². The van der Waals surface area contributed by atoms with E-state index < -0.39 is 17.5 Å². The maximum Gasteiger partial charge on any atom is 0.306 e. The number of aryl methyl sites for hydroxylation is 2. The van der Waals surface area contributed by atoms with E-state index in [9.17, 15) is 14.7 Å². The van der Waals surface area contributed by atoms with E-state index in [1.54, 1.807) is 6.07 Å². The van der Waals surface area contributed by atoms with Gasteiger partial charge in [-0.2, -0.15) is 0 Å². The summed E-state index contributed by atoms with van der Waals surface area (Å²) in [6, 6.07) is 5.83. The Morgan fingerprint density at radius 3 is 2.65 bits per heavy atom. The molecule has 1 aromatic heterocycles. The lowest BCUT2D eigenvalue weighted by Gasteiger charge is -2.41. The molecule has 1 saturated carbocycles. The molecule has 122 valence electrons. The number of hydrogen-bond acceptors (Lipinski definition) is 3. The van der Waals surface area contributed by atoms with Gasteiger partial charge in [-0.3, -0.25) is 9.59 Å². The molecule has 0 atom stereocenters. The molecule has 1 aromatic carbocycles. The Hall–Kier alpha value is -2.34. The van der Waals surface area contributed by atoms with Gasteiger partial charge in [-0.25, -0.2) is 0 Å². The molecule has 0 unspecified atom stereocenters. The molecule has 3 rings (SSSR count). The Kier molecular flexibility index (Phi) is 3.64. The quantitative estimate of drug-likeness (QED) is 0.690. The molecule has 1 aliphatic carbocycles. The van der Waals surface area contributed by atoms with Gasteiger partial charge in [-0.05, 0) is 49.9 Å². The third-order valence-electron chi connectivity index (χ3n) is 4.51. The van der Waals surface area contributed by atoms with E-state index in [1.165, 1.54) is 0 Å². The number of fused-ring (bicyclic) bond motifs is 1. The molecule has 6 heteroatoms.